The van der Waals surface area contributed by atoms with Gasteiger partial charge in [0.05, 0.1) is 17.9 Å². The van der Waals surface area contributed by atoms with E-state index in [1.807, 2.05) is 25.1 Å². The van der Waals surface area contributed by atoms with E-state index in [2.05, 4.69) is 10.2 Å². The summed E-state index contributed by atoms with van der Waals surface area (Å²) in [5.74, 6) is 0.649. The predicted molar refractivity (Wildman–Crippen MR) is 114 cm³/mol. The molecule has 31 heavy (non-hydrogen) atoms. The molecule has 0 aromatic heterocycles. The number of nitrogens with one attached hydrogen (secondary N) is 1. The third-order valence-corrected chi connectivity index (χ3v) is 5.17. The van der Waals surface area contributed by atoms with Crippen molar-refractivity contribution in [2.75, 3.05) is 43.4 Å². The summed E-state index contributed by atoms with van der Waals surface area (Å²) in [5.41, 5.74) is 7.44. The van der Waals surface area contributed by atoms with Crippen LogP contribution in [-0.4, -0.2) is 43.7 Å². The van der Waals surface area contributed by atoms with E-state index in [9.17, 15) is 18.0 Å². The number of benzene rings is 2. The van der Waals surface area contributed by atoms with Crippen molar-refractivity contribution >= 4 is 17.4 Å². The van der Waals surface area contributed by atoms with Crippen LogP contribution in [0.4, 0.5) is 29.3 Å². The second kappa shape index (κ2) is 9.80. The number of ether oxygens (including phenoxy) is 1. The lowest BCUT2D eigenvalue weighted by molar-refractivity contribution is -0.137. The van der Waals surface area contributed by atoms with Gasteiger partial charge in [0.15, 0.2) is 0 Å². The second-order valence-electron chi connectivity index (χ2n) is 7.34. The van der Waals surface area contributed by atoms with Gasteiger partial charge in [0.1, 0.15) is 5.75 Å². The number of rotatable bonds is 5. The van der Waals surface area contributed by atoms with Gasteiger partial charge in [-0.15, -0.1) is 0 Å². The average Bonchev–Trinajstić information content (AvgIpc) is 3.00. The molecule has 1 aliphatic rings. The Morgan fingerprint density at radius 2 is 1.84 bits per heavy atom. The van der Waals surface area contributed by atoms with Crippen LogP contribution in [0.15, 0.2) is 42.5 Å². The molecule has 0 radical (unpaired) electrons. The number of carbonyl (C=O) groups is 1. The van der Waals surface area contributed by atoms with Gasteiger partial charge in [0.2, 0.25) is 0 Å². The molecule has 168 valence electrons. The first kappa shape index (κ1) is 22.6. The first-order chi connectivity index (χ1) is 14.8. The van der Waals surface area contributed by atoms with E-state index in [1.54, 1.807) is 4.90 Å². The van der Waals surface area contributed by atoms with Gasteiger partial charge in [-0.2, -0.15) is 13.2 Å². The molecule has 2 amide bonds. The van der Waals surface area contributed by atoms with Crippen molar-refractivity contribution in [3.05, 3.63) is 53.6 Å². The lowest BCUT2D eigenvalue weighted by Gasteiger charge is -2.24. The number of nitrogens with zero attached hydrogens (tertiary/aromatic N) is 2. The number of alkyl halides is 3. The van der Waals surface area contributed by atoms with Crippen LogP contribution in [0.2, 0.25) is 0 Å². The lowest BCUT2D eigenvalue weighted by atomic mass is 10.1. The van der Waals surface area contributed by atoms with Crippen LogP contribution < -0.4 is 20.7 Å². The summed E-state index contributed by atoms with van der Waals surface area (Å²) in [5, 5.41) is 2.79. The Kier molecular flexibility index (Phi) is 7.14. The molecule has 0 unspecified atom stereocenters. The zero-order chi connectivity index (χ0) is 22.4. The van der Waals surface area contributed by atoms with Crippen molar-refractivity contribution in [3.63, 3.8) is 0 Å². The molecule has 1 aliphatic heterocycles. The van der Waals surface area contributed by atoms with Gasteiger partial charge in [-0.3, -0.25) is 0 Å². The molecule has 1 heterocycles. The summed E-state index contributed by atoms with van der Waals surface area (Å²) in [7, 11) is 0. The molecule has 2 aromatic rings. The van der Waals surface area contributed by atoms with Crippen molar-refractivity contribution in [2.45, 2.75) is 26.1 Å². The van der Waals surface area contributed by atoms with E-state index >= 15 is 0 Å². The van der Waals surface area contributed by atoms with E-state index in [0.717, 1.165) is 30.8 Å². The Balaban J connectivity index is 1.54. The highest BCUT2D eigenvalue weighted by Crippen LogP contribution is 2.29. The lowest BCUT2D eigenvalue weighted by Crippen LogP contribution is -2.41. The van der Waals surface area contributed by atoms with Crippen LogP contribution in [0.1, 0.15) is 24.5 Å². The second-order valence-corrected chi connectivity index (χ2v) is 7.34. The first-order valence-electron chi connectivity index (χ1n) is 10.2. The maximum atomic E-state index is 12.7. The van der Waals surface area contributed by atoms with Gasteiger partial charge < -0.3 is 25.6 Å². The Hall–Kier alpha value is -3.10. The molecular formula is C22H27F3N4O2. The Labute approximate surface area is 179 Å². The highest BCUT2D eigenvalue weighted by atomic mass is 19.4. The van der Waals surface area contributed by atoms with Gasteiger partial charge >= 0.3 is 12.2 Å². The van der Waals surface area contributed by atoms with Crippen LogP contribution in [0, 0.1) is 0 Å². The summed E-state index contributed by atoms with van der Waals surface area (Å²) in [6, 6.07) is 10.3. The molecule has 0 saturated carbocycles. The zero-order valence-electron chi connectivity index (χ0n) is 17.4. The first-order valence-corrected chi connectivity index (χ1v) is 10.2. The fourth-order valence-electron chi connectivity index (χ4n) is 3.48. The van der Waals surface area contributed by atoms with E-state index in [0.29, 0.717) is 43.2 Å². The Morgan fingerprint density at radius 3 is 2.52 bits per heavy atom. The monoisotopic (exact) mass is 436 g/mol. The van der Waals surface area contributed by atoms with Crippen LogP contribution in [-0.2, 0) is 12.7 Å². The molecular weight excluding hydrogens is 409 g/mol. The number of amides is 2. The number of urea groups is 1. The standard InChI is InChI=1S/C22H27F3N4O2/c1-2-31-20-14-18(8-9-19(20)26)28-10-3-11-29(13-12-28)21(30)27-15-16-4-6-17(7-5-16)22(23,24)25/h4-9,14H,2-3,10-13,15,26H2,1H3,(H,27,30). The van der Waals surface area contributed by atoms with Crippen LogP contribution in [0.3, 0.4) is 0 Å². The number of hydrogen-bond acceptors (Lipinski definition) is 4. The molecule has 9 heteroatoms. The highest BCUT2D eigenvalue weighted by molar-refractivity contribution is 5.74. The van der Waals surface area contributed by atoms with Gasteiger partial charge in [-0.25, -0.2) is 4.79 Å². The van der Waals surface area contributed by atoms with E-state index in [-0.39, 0.29) is 12.6 Å². The van der Waals surface area contributed by atoms with Crippen molar-refractivity contribution in [1.29, 1.82) is 0 Å². The number of nitrogen functional groups attached to an aromatic ring is 1. The van der Waals surface area contributed by atoms with Crippen LogP contribution in [0.5, 0.6) is 5.75 Å². The molecule has 0 bridgehead atoms. The van der Waals surface area contributed by atoms with Gasteiger partial charge in [-0.1, -0.05) is 12.1 Å². The molecule has 3 N–H and O–H groups in total. The van der Waals surface area contributed by atoms with Crippen molar-refractivity contribution in [3.8, 4) is 5.75 Å². The molecule has 1 fully saturated rings. The highest BCUT2D eigenvalue weighted by Gasteiger charge is 2.30. The van der Waals surface area contributed by atoms with Crippen molar-refractivity contribution in [2.24, 2.45) is 0 Å². The van der Waals surface area contributed by atoms with Crippen molar-refractivity contribution < 1.29 is 22.7 Å². The Bertz CT molecular complexity index is 887. The maximum absolute atomic E-state index is 12.7. The van der Waals surface area contributed by atoms with Crippen LogP contribution >= 0.6 is 0 Å². The van der Waals surface area contributed by atoms with Gasteiger partial charge in [0.25, 0.3) is 0 Å². The normalized spacial score (nSPS) is 14.8. The smallest absolute Gasteiger partial charge is 0.416 e. The minimum absolute atomic E-state index is 0.173. The maximum Gasteiger partial charge on any atom is 0.416 e. The summed E-state index contributed by atoms with van der Waals surface area (Å²) in [4.78, 5) is 16.5. The number of carbonyl (C=O) groups excluding carboxylic acids is 1. The quantitative estimate of drug-likeness (QED) is 0.692. The average molecular weight is 436 g/mol. The zero-order valence-corrected chi connectivity index (χ0v) is 17.4. The molecule has 3 rings (SSSR count). The number of hydrogen-bond donors (Lipinski definition) is 2. The number of nitrogens with two attached hydrogens (primary N) is 1. The van der Waals surface area contributed by atoms with E-state index in [4.69, 9.17) is 10.5 Å². The topological polar surface area (TPSA) is 70.8 Å². The summed E-state index contributed by atoms with van der Waals surface area (Å²) in [6.07, 6.45) is -3.57. The Morgan fingerprint density at radius 1 is 1.10 bits per heavy atom. The molecule has 0 spiro atoms. The number of anilines is 2. The van der Waals surface area contributed by atoms with Crippen LogP contribution in [0.25, 0.3) is 0 Å². The molecule has 0 aliphatic carbocycles. The third kappa shape index (κ3) is 5.96. The minimum atomic E-state index is -4.37. The molecule has 1 saturated heterocycles. The largest absolute Gasteiger partial charge is 0.492 e. The molecule has 2 aromatic carbocycles. The SMILES string of the molecule is CCOc1cc(N2CCCN(C(=O)NCc3ccc(C(F)(F)F)cc3)CC2)ccc1N. The summed E-state index contributed by atoms with van der Waals surface area (Å²) >= 11 is 0. The fraction of sp³-hybridized carbons (Fsp3) is 0.409. The van der Waals surface area contributed by atoms with E-state index in [1.165, 1.54) is 12.1 Å². The molecule has 6 nitrogen and oxygen atoms in total. The fourth-order valence-corrected chi connectivity index (χ4v) is 3.48. The third-order valence-electron chi connectivity index (χ3n) is 5.17. The van der Waals surface area contributed by atoms with Gasteiger partial charge in [0, 0.05) is 44.5 Å². The van der Waals surface area contributed by atoms with E-state index < -0.39 is 11.7 Å². The molecule has 0 atom stereocenters. The number of halogens is 3. The predicted octanol–water partition coefficient (Wildman–Crippen LogP) is 4.11. The summed E-state index contributed by atoms with van der Waals surface area (Å²) in [6.45, 7) is 5.18. The van der Waals surface area contributed by atoms with Gasteiger partial charge in [-0.05, 0) is 43.2 Å². The summed E-state index contributed by atoms with van der Waals surface area (Å²) < 4.78 is 43.5. The van der Waals surface area contributed by atoms with Crippen molar-refractivity contribution in [1.82, 2.24) is 10.2 Å². The minimum Gasteiger partial charge on any atom is -0.492 e.